The van der Waals surface area contributed by atoms with Crippen LogP contribution in [0.3, 0.4) is 0 Å². The summed E-state index contributed by atoms with van der Waals surface area (Å²) in [6.07, 6.45) is 2.13. The van der Waals surface area contributed by atoms with E-state index in [1.54, 1.807) is 0 Å². The molecule has 3 nitrogen and oxygen atoms in total. The Labute approximate surface area is 153 Å². The number of carbonyl (C=O) groups is 2. The molecule has 0 spiro atoms. The Kier molecular flexibility index (Phi) is 17.2. The second kappa shape index (κ2) is 15.8. The van der Waals surface area contributed by atoms with Gasteiger partial charge in [0.05, 0.1) is 12.5 Å². The normalized spacial score (nSPS) is 15.4. The van der Waals surface area contributed by atoms with Crippen LogP contribution in [0.5, 0.6) is 0 Å². The fourth-order valence-electron chi connectivity index (χ4n) is 1.64. The average molecular weight is 365 g/mol. The molecule has 1 atom stereocenters. The van der Waals surface area contributed by atoms with E-state index in [1.165, 1.54) is 0 Å². The Hall–Kier alpha value is -0.536. The van der Waals surface area contributed by atoms with Gasteiger partial charge in [-0.3, -0.25) is 9.59 Å². The van der Waals surface area contributed by atoms with Crippen molar-refractivity contribution in [2.24, 2.45) is 5.92 Å². The van der Waals surface area contributed by atoms with Crippen LogP contribution in [-0.2, 0) is 47.0 Å². The Morgan fingerprint density at radius 1 is 1.33 bits per heavy atom. The smallest absolute Gasteiger partial charge is 0.309 e. The summed E-state index contributed by atoms with van der Waals surface area (Å²) in [6, 6.07) is 12.5. The van der Waals surface area contributed by atoms with Gasteiger partial charge in [-0.25, -0.2) is 0 Å². The summed E-state index contributed by atoms with van der Waals surface area (Å²) in [6.45, 7) is 8.06. The van der Waals surface area contributed by atoms with E-state index in [4.69, 9.17) is 4.74 Å². The maximum Gasteiger partial charge on any atom is 0.309 e. The minimum atomic E-state index is -0.215. The molecular formula is C17H24O3Y-2. The Bertz CT molecular complexity index is 339. The Morgan fingerprint density at radius 2 is 1.95 bits per heavy atom. The predicted molar refractivity (Wildman–Crippen MR) is 79.9 cm³/mol. The molecule has 1 aliphatic heterocycles. The molecule has 0 aliphatic carbocycles. The van der Waals surface area contributed by atoms with Crippen LogP contribution in [0.2, 0.25) is 0 Å². The third-order valence-corrected chi connectivity index (χ3v) is 2.58. The topological polar surface area (TPSA) is 43.4 Å². The van der Waals surface area contributed by atoms with E-state index in [9.17, 15) is 9.59 Å². The summed E-state index contributed by atoms with van der Waals surface area (Å²) in [5, 5.41) is 0. The van der Waals surface area contributed by atoms with Gasteiger partial charge in [-0.05, 0) is 12.8 Å². The first-order chi connectivity index (χ1) is 9.74. The van der Waals surface area contributed by atoms with E-state index in [1.807, 2.05) is 44.2 Å². The van der Waals surface area contributed by atoms with Crippen molar-refractivity contribution >= 4 is 11.8 Å². The molecule has 1 aromatic carbocycles. The first kappa shape index (κ1) is 22.7. The van der Waals surface area contributed by atoms with Gasteiger partial charge in [-0.15, -0.1) is 0 Å². The van der Waals surface area contributed by atoms with Crippen molar-refractivity contribution in [3.8, 4) is 0 Å². The molecule has 0 amide bonds. The number of benzene rings is 1. The van der Waals surface area contributed by atoms with Gasteiger partial charge in [-0.1, -0.05) is 13.8 Å². The van der Waals surface area contributed by atoms with Crippen molar-refractivity contribution in [1.29, 1.82) is 0 Å². The van der Waals surface area contributed by atoms with E-state index in [2.05, 4.69) is 13.0 Å². The maximum atomic E-state index is 11.1. The molecule has 1 radical (unpaired) electrons. The van der Waals surface area contributed by atoms with Gasteiger partial charge in [0.1, 0.15) is 5.78 Å². The van der Waals surface area contributed by atoms with Crippen LogP contribution in [0.15, 0.2) is 30.3 Å². The van der Waals surface area contributed by atoms with Gasteiger partial charge in [0.15, 0.2) is 0 Å². The summed E-state index contributed by atoms with van der Waals surface area (Å²) < 4.78 is 4.74. The molecule has 1 aromatic rings. The molecule has 1 unspecified atom stereocenters. The largest absolute Gasteiger partial charge is 0.465 e. The third kappa shape index (κ3) is 11.8. The van der Waals surface area contributed by atoms with E-state index >= 15 is 0 Å². The number of hydrogen-bond donors (Lipinski definition) is 0. The molecule has 0 aromatic heterocycles. The van der Waals surface area contributed by atoms with Gasteiger partial charge >= 0.3 is 5.97 Å². The van der Waals surface area contributed by atoms with Crippen LogP contribution >= 0.6 is 0 Å². The summed E-state index contributed by atoms with van der Waals surface area (Å²) in [7, 11) is 0. The Balaban J connectivity index is 0. The van der Waals surface area contributed by atoms with Crippen molar-refractivity contribution in [2.75, 3.05) is 6.61 Å². The number of ether oxygens (including phenoxy) is 1. The number of rotatable bonds is 4. The number of hydrogen-bond acceptors (Lipinski definition) is 3. The molecule has 1 aliphatic rings. The molecule has 0 bridgehead atoms. The maximum absolute atomic E-state index is 11.1. The molecular weight excluding hydrogens is 341 g/mol. The minimum Gasteiger partial charge on any atom is -0.465 e. The minimum absolute atomic E-state index is 0. The van der Waals surface area contributed by atoms with Crippen molar-refractivity contribution in [2.45, 2.75) is 39.5 Å². The van der Waals surface area contributed by atoms with Crippen molar-refractivity contribution in [3.05, 3.63) is 43.3 Å². The average Bonchev–Trinajstić information content (AvgIpc) is 2.89. The number of cyclic esters (lactones) is 1. The monoisotopic (exact) mass is 365 g/mol. The quantitative estimate of drug-likeness (QED) is 0.605. The zero-order chi connectivity index (χ0) is 15.2. The Morgan fingerprint density at radius 3 is 2.29 bits per heavy atom. The molecule has 0 saturated carbocycles. The second-order valence-electron chi connectivity index (χ2n) is 4.08. The summed E-state index contributed by atoms with van der Waals surface area (Å²) in [5.74, 6) is -0.273. The zero-order valence-corrected chi connectivity index (χ0v) is 15.8. The summed E-state index contributed by atoms with van der Waals surface area (Å²) >= 11 is 0. The fraction of sp³-hybridized carbons (Fsp3) is 0.471. The molecule has 1 fully saturated rings. The molecule has 21 heavy (non-hydrogen) atoms. The summed E-state index contributed by atoms with van der Waals surface area (Å²) in [4.78, 5) is 22.0. The van der Waals surface area contributed by atoms with Gasteiger partial charge in [0.25, 0.3) is 0 Å². The van der Waals surface area contributed by atoms with Crippen molar-refractivity contribution < 1.29 is 47.0 Å². The standard InChI is InChI=1S/C9H13O3.C6H5.C2H6.Y/c1-2-3-8(10)6-7-4-5-12-9(7)11;1-2-4-6-5-3-1;1-2;/h7H,1-6H2;1-5H;1-2H3;/q2*-1;;. The first-order valence-electron chi connectivity index (χ1n) is 7.12. The van der Waals surface area contributed by atoms with Crippen LogP contribution in [0.4, 0.5) is 0 Å². The number of ketones is 1. The van der Waals surface area contributed by atoms with Crippen LogP contribution in [0.1, 0.15) is 39.5 Å². The number of esters is 1. The van der Waals surface area contributed by atoms with Gasteiger partial charge in [0.2, 0.25) is 0 Å². The van der Waals surface area contributed by atoms with Crippen molar-refractivity contribution in [1.82, 2.24) is 0 Å². The van der Waals surface area contributed by atoms with E-state index in [-0.39, 0.29) is 50.4 Å². The van der Waals surface area contributed by atoms with Crippen LogP contribution in [0, 0.1) is 18.9 Å². The summed E-state index contributed by atoms with van der Waals surface area (Å²) in [5.41, 5.74) is 0. The zero-order valence-electron chi connectivity index (χ0n) is 13.0. The first-order valence-corrected chi connectivity index (χ1v) is 7.12. The molecule has 4 heteroatoms. The fourth-order valence-corrected chi connectivity index (χ4v) is 1.64. The van der Waals surface area contributed by atoms with Crippen LogP contribution in [-0.4, -0.2) is 18.4 Å². The van der Waals surface area contributed by atoms with Gasteiger partial charge in [-0.2, -0.15) is 42.8 Å². The molecule has 0 N–H and O–H groups in total. The molecule has 1 saturated heterocycles. The second-order valence-corrected chi connectivity index (χ2v) is 4.08. The molecule has 2 rings (SSSR count). The SMILES string of the molecule is CC.[CH2-]CCC(=O)CC1CCOC1=O.[Y].[c-]1ccccc1. The van der Waals surface area contributed by atoms with Crippen LogP contribution < -0.4 is 0 Å². The van der Waals surface area contributed by atoms with Crippen LogP contribution in [0.25, 0.3) is 0 Å². The number of carbonyl (C=O) groups excluding carboxylic acids is 2. The van der Waals surface area contributed by atoms with E-state index in [0.717, 1.165) is 0 Å². The van der Waals surface area contributed by atoms with E-state index < -0.39 is 0 Å². The predicted octanol–water partition coefficient (Wildman–Crippen LogP) is 3.63. The van der Waals surface area contributed by atoms with Gasteiger partial charge in [0, 0.05) is 39.1 Å². The third-order valence-electron chi connectivity index (χ3n) is 2.58. The molecule has 115 valence electrons. The number of Topliss-reactive ketones (excluding diaryl/α,β-unsaturated/α-hetero) is 1. The van der Waals surface area contributed by atoms with E-state index in [0.29, 0.717) is 32.3 Å². The van der Waals surface area contributed by atoms with Gasteiger partial charge < -0.3 is 11.7 Å². The van der Waals surface area contributed by atoms with Crippen molar-refractivity contribution in [3.63, 3.8) is 0 Å². The molecule has 1 heterocycles.